The fourth-order valence-electron chi connectivity index (χ4n) is 1.44. The van der Waals surface area contributed by atoms with Gasteiger partial charge in [-0.1, -0.05) is 17.7 Å². The molecule has 3 N–H and O–H groups in total. The van der Waals surface area contributed by atoms with E-state index in [0.29, 0.717) is 16.5 Å². The topological polar surface area (TPSA) is 85.3 Å². The molecule has 0 aliphatic rings. The molecule has 19 heavy (non-hydrogen) atoms. The third kappa shape index (κ3) is 3.30. The van der Waals surface area contributed by atoms with Crippen molar-refractivity contribution in [3.8, 4) is 0 Å². The molecule has 0 aliphatic heterocycles. The van der Waals surface area contributed by atoms with Crippen molar-refractivity contribution >= 4 is 43.2 Å². The molecule has 0 bridgehead atoms. The number of nitrogens with two attached hydrogens (primary N) is 1. The smallest absolute Gasteiger partial charge is 0.266 e. The van der Waals surface area contributed by atoms with Gasteiger partial charge in [-0.15, -0.1) is 0 Å². The van der Waals surface area contributed by atoms with Crippen molar-refractivity contribution in [1.29, 1.82) is 0 Å². The van der Waals surface area contributed by atoms with E-state index in [1.807, 2.05) is 0 Å². The Morgan fingerprint density at radius 2 is 2.11 bits per heavy atom. The maximum Gasteiger partial charge on any atom is 0.266 e. The Morgan fingerprint density at radius 3 is 2.68 bits per heavy atom. The summed E-state index contributed by atoms with van der Waals surface area (Å²) < 4.78 is 32.0. The van der Waals surface area contributed by atoms with Crippen LogP contribution in [0, 0.1) is 0 Å². The highest BCUT2D eigenvalue weighted by atomic mass is 79.9. The number of halogens is 2. The number of hydrogen-bond donors (Lipinski definition) is 2. The molecule has 5 nitrogen and oxygen atoms in total. The van der Waals surface area contributed by atoms with Gasteiger partial charge in [-0.2, -0.15) is 0 Å². The Hall–Kier alpha value is -1.02. The molecule has 102 valence electrons. The Bertz CT molecular complexity index is 700. The Kier molecular flexibility index (Phi) is 4.19. The summed E-state index contributed by atoms with van der Waals surface area (Å²) in [5, 5.41) is 0.439. The summed E-state index contributed by atoms with van der Waals surface area (Å²) in [6.45, 7) is 0.116. The van der Waals surface area contributed by atoms with Crippen LogP contribution in [-0.4, -0.2) is 8.42 Å². The molecule has 1 aromatic carbocycles. The number of anilines is 1. The van der Waals surface area contributed by atoms with Gasteiger partial charge in [-0.3, -0.25) is 4.72 Å². The summed E-state index contributed by atoms with van der Waals surface area (Å²) >= 11 is 8.85. The summed E-state index contributed by atoms with van der Waals surface area (Å²) in [5.74, 6) is 0.373. The molecule has 0 saturated heterocycles. The molecular formula is C11H10BrClN2O3S. The third-order valence-electron chi connectivity index (χ3n) is 2.27. The minimum absolute atomic E-state index is 0.00655. The van der Waals surface area contributed by atoms with Crippen LogP contribution in [0.15, 0.2) is 44.3 Å². The first-order valence-corrected chi connectivity index (χ1v) is 7.84. The highest BCUT2D eigenvalue weighted by molar-refractivity contribution is 9.10. The van der Waals surface area contributed by atoms with E-state index in [4.69, 9.17) is 21.8 Å². The minimum Gasteiger partial charge on any atom is -0.452 e. The number of benzene rings is 1. The maximum atomic E-state index is 12.2. The fraction of sp³-hybridized carbons (Fsp3) is 0.0909. The molecule has 0 saturated carbocycles. The Labute approximate surface area is 123 Å². The maximum absolute atomic E-state index is 12.2. The van der Waals surface area contributed by atoms with Crippen LogP contribution in [0.5, 0.6) is 0 Å². The molecule has 8 heteroatoms. The monoisotopic (exact) mass is 364 g/mol. The SMILES string of the molecule is NCc1cc(S(=O)(=O)Nc2cccc(Cl)c2)c(Br)o1. The van der Waals surface area contributed by atoms with Gasteiger partial charge in [0.1, 0.15) is 10.7 Å². The quantitative estimate of drug-likeness (QED) is 0.872. The predicted octanol–water partition coefficient (Wildman–Crippen LogP) is 2.96. The summed E-state index contributed by atoms with van der Waals surface area (Å²) in [5.41, 5.74) is 5.77. The first-order valence-electron chi connectivity index (χ1n) is 5.19. The lowest BCUT2D eigenvalue weighted by atomic mass is 10.3. The molecular weight excluding hydrogens is 356 g/mol. The van der Waals surface area contributed by atoms with Crippen molar-refractivity contribution in [2.45, 2.75) is 11.4 Å². The van der Waals surface area contributed by atoms with Gasteiger partial charge in [0.15, 0.2) is 4.67 Å². The van der Waals surface area contributed by atoms with Crippen LogP contribution >= 0.6 is 27.5 Å². The molecule has 1 heterocycles. The average Bonchev–Trinajstić information content (AvgIpc) is 2.71. The van der Waals surface area contributed by atoms with Crippen molar-refractivity contribution < 1.29 is 12.8 Å². The number of sulfonamides is 1. The van der Waals surface area contributed by atoms with E-state index in [2.05, 4.69) is 20.7 Å². The van der Waals surface area contributed by atoms with Crippen LogP contribution in [0.25, 0.3) is 0 Å². The molecule has 2 rings (SSSR count). The van der Waals surface area contributed by atoms with Gasteiger partial charge in [0.2, 0.25) is 0 Å². The van der Waals surface area contributed by atoms with Crippen molar-refractivity contribution in [3.63, 3.8) is 0 Å². The molecule has 0 unspecified atom stereocenters. The highest BCUT2D eigenvalue weighted by Crippen LogP contribution is 2.28. The third-order valence-corrected chi connectivity index (χ3v) is 4.75. The molecule has 0 fully saturated rings. The lowest BCUT2D eigenvalue weighted by molar-refractivity contribution is 0.484. The van der Waals surface area contributed by atoms with E-state index in [1.54, 1.807) is 18.2 Å². The zero-order valence-electron chi connectivity index (χ0n) is 9.56. The van der Waals surface area contributed by atoms with Gasteiger partial charge in [0.05, 0.1) is 12.2 Å². The van der Waals surface area contributed by atoms with E-state index < -0.39 is 10.0 Å². The zero-order chi connectivity index (χ0) is 14.0. The second kappa shape index (κ2) is 5.54. The van der Waals surface area contributed by atoms with Crippen LogP contribution in [0.2, 0.25) is 5.02 Å². The van der Waals surface area contributed by atoms with Crippen LogP contribution < -0.4 is 10.5 Å². The summed E-state index contributed by atoms with van der Waals surface area (Å²) in [6, 6.07) is 7.78. The van der Waals surface area contributed by atoms with Crippen LogP contribution in [0.4, 0.5) is 5.69 Å². The first-order chi connectivity index (χ1) is 8.92. The van der Waals surface area contributed by atoms with Gasteiger partial charge >= 0.3 is 0 Å². The minimum atomic E-state index is -3.75. The van der Waals surface area contributed by atoms with E-state index in [-0.39, 0.29) is 16.1 Å². The largest absolute Gasteiger partial charge is 0.452 e. The lowest BCUT2D eigenvalue weighted by Crippen LogP contribution is -2.12. The molecule has 0 atom stereocenters. The van der Waals surface area contributed by atoms with Gasteiger partial charge in [-0.05, 0) is 34.1 Å². The summed E-state index contributed by atoms with van der Waals surface area (Å²) in [6.07, 6.45) is 0. The molecule has 0 aliphatic carbocycles. The Balaban J connectivity index is 2.34. The second-order valence-electron chi connectivity index (χ2n) is 3.67. The van der Waals surface area contributed by atoms with Crippen LogP contribution in [0.3, 0.4) is 0 Å². The second-order valence-corrected chi connectivity index (χ2v) is 6.48. The van der Waals surface area contributed by atoms with Crippen molar-refractivity contribution in [2.24, 2.45) is 5.73 Å². The van der Waals surface area contributed by atoms with Crippen molar-refractivity contribution in [3.05, 3.63) is 45.8 Å². The molecule has 0 amide bonds. The predicted molar refractivity (Wildman–Crippen MR) is 76.6 cm³/mol. The van der Waals surface area contributed by atoms with Crippen molar-refractivity contribution in [1.82, 2.24) is 0 Å². The first kappa shape index (κ1) is 14.4. The average molecular weight is 366 g/mol. The normalized spacial score (nSPS) is 11.5. The number of hydrogen-bond acceptors (Lipinski definition) is 4. The van der Waals surface area contributed by atoms with Gasteiger partial charge < -0.3 is 10.2 Å². The summed E-state index contributed by atoms with van der Waals surface area (Å²) in [4.78, 5) is -0.00655. The molecule has 0 spiro atoms. The Morgan fingerprint density at radius 1 is 1.37 bits per heavy atom. The molecule has 0 radical (unpaired) electrons. The van der Waals surface area contributed by atoms with Gasteiger partial charge in [0, 0.05) is 11.1 Å². The number of furan rings is 1. The molecule has 1 aromatic heterocycles. The van der Waals surface area contributed by atoms with Crippen LogP contribution in [-0.2, 0) is 16.6 Å². The van der Waals surface area contributed by atoms with E-state index >= 15 is 0 Å². The van der Waals surface area contributed by atoms with Crippen molar-refractivity contribution in [2.75, 3.05) is 4.72 Å². The lowest BCUT2D eigenvalue weighted by Gasteiger charge is -2.06. The zero-order valence-corrected chi connectivity index (χ0v) is 12.7. The van der Waals surface area contributed by atoms with Crippen LogP contribution in [0.1, 0.15) is 5.76 Å². The fourth-order valence-corrected chi connectivity index (χ4v) is 3.68. The number of rotatable bonds is 4. The highest BCUT2D eigenvalue weighted by Gasteiger charge is 2.22. The summed E-state index contributed by atoms with van der Waals surface area (Å²) in [7, 11) is -3.75. The van der Waals surface area contributed by atoms with E-state index in [0.717, 1.165) is 0 Å². The standard InChI is InChI=1S/C11H10BrClN2O3S/c12-11-10(5-9(6-14)18-11)19(16,17)15-8-3-1-2-7(13)4-8/h1-5,15H,6,14H2. The number of nitrogens with one attached hydrogen (secondary N) is 1. The molecule has 2 aromatic rings. The van der Waals surface area contributed by atoms with Gasteiger partial charge in [-0.25, -0.2) is 8.42 Å². The van der Waals surface area contributed by atoms with E-state index in [1.165, 1.54) is 12.1 Å². The van der Waals surface area contributed by atoms with E-state index in [9.17, 15) is 8.42 Å². The van der Waals surface area contributed by atoms with Gasteiger partial charge in [0.25, 0.3) is 10.0 Å².